The van der Waals surface area contributed by atoms with Crippen molar-refractivity contribution in [2.24, 2.45) is 0 Å². The molecule has 0 saturated carbocycles. The van der Waals surface area contributed by atoms with Gasteiger partial charge in [-0.25, -0.2) is 0 Å². The molecule has 0 aliphatic heterocycles. The monoisotopic (exact) mass is 142 g/mol. The lowest BCUT2D eigenvalue weighted by molar-refractivity contribution is -0.304. The summed E-state index contributed by atoms with van der Waals surface area (Å²) >= 11 is 0. The number of hydrogen-bond donors (Lipinski definition) is 0. The molecule has 0 spiro atoms. The molecule has 0 saturated heterocycles. The molecule has 0 fully saturated rings. The van der Waals surface area contributed by atoms with Crippen LogP contribution in [0.15, 0.2) is 11.6 Å². The average molecular weight is 142 g/mol. The number of carboxylic acids is 2. The van der Waals surface area contributed by atoms with Gasteiger partial charge in [0.1, 0.15) is 0 Å². The molecule has 0 unspecified atom stereocenters. The van der Waals surface area contributed by atoms with Crippen molar-refractivity contribution in [2.75, 3.05) is 0 Å². The van der Waals surface area contributed by atoms with E-state index in [0.717, 1.165) is 6.08 Å². The third kappa shape index (κ3) is 4.83. The predicted molar refractivity (Wildman–Crippen MR) is 28.4 cm³/mol. The van der Waals surface area contributed by atoms with E-state index < -0.39 is 11.9 Å². The van der Waals surface area contributed by atoms with Gasteiger partial charge in [0.15, 0.2) is 0 Å². The van der Waals surface area contributed by atoms with Gasteiger partial charge in [-0.05, 0) is 13.0 Å². The molecule has 0 rings (SSSR count). The van der Waals surface area contributed by atoms with Gasteiger partial charge in [0.2, 0.25) is 0 Å². The van der Waals surface area contributed by atoms with Gasteiger partial charge in [-0.1, -0.05) is 5.57 Å². The Morgan fingerprint density at radius 3 is 2.20 bits per heavy atom. The highest BCUT2D eigenvalue weighted by Crippen LogP contribution is 1.95. The van der Waals surface area contributed by atoms with Crippen molar-refractivity contribution in [1.29, 1.82) is 0 Å². The lowest BCUT2D eigenvalue weighted by atomic mass is 10.2. The van der Waals surface area contributed by atoms with Crippen molar-refractivity contribution in [3.8, 4) is 0 Å². The summed E-state index contributed by atoms with van der Waals surface area (Å²) in [5, 5.41) is 19.6. The fraction of sp³-hybridized carbons (Fsp3) is 0.333. The molecular formula is C6H6O4-2. The SMILES string of the molecule is C/C(=C\C(=O)[O-])CC(=O)[O-]. The van der Waals surface area contributed by atoms with E-state index in [0.29, 0.717) is 0 Å². The van der Waals surface area contributed by atoms with Gasteiger partial charge in [-0.3, -0.25) is 0 Å². The molecule has 4 nitrogen and oxygen atoms in total. The first kappa shape index (κ1) is 8.68. The second kappa shape index (κ2) is 3.66. The summed E-state index contributed by atoms with van der Waals surface area (Å²) in [6.07, 6.45) is 0.365. The van der Waals surface area contributed by atoms with Crippen molar-refractivity contribution in [2.45, 2.75) is 13.3 Å². The van der Waals surface area contributed by atoms with E-state index in [-0.39, 0.29) is 12.0 Å². The standard InChI is InChI=1S/C6H8O4/c1-4(2-5(7)8)3-6(9)10/h2H,3H2,1H3,(H,7,8)(H,9,10)/p-2/b4-2+. The zero-order chi connectivity index (χ0) is 8.15. The maximum atomic E-state index is 9.83. The Labute approximate surface area is 57.8 Å². The largest absolute Gasteiger partial charge is 0.550 e. The van der Waals surface area contributed by atoms with Crippen LogP contribution in [0.25, 0.3) is 0 Å². The minimum atomic E-state index is -1.39. The van der Waals surface area contributed by atoms with Crippen LogP contribution in [0.3, 0.4) is 0 Å². The van der Waals surface area contributed by atoms with Crippen LogP contribution in [0.2, 0.25) is 0 Å². The van der Waals surface area contributed by atoms with E-state index >= 15 is 0 Å². The summed E-state index contributed by atoms with van der Waals surface area (Å²) in [5.41, 5.74) is 0.208. The van der Waals surface area contributed by atoms with E-state index in [1.807, 2.05) is 0 Å². The number of hydrogen-bond acceptors (Lipinski definition) is 4. The lowest BCUT2D eigenvalue weighted by Crippen LogP contribution is -2.23. The summed E-state index contributed by atoms with van der Waals surface area (Å²) in [5.74, 6) is -2.69. The third-order valence-electron chi connectivity index (χ3n) is 0.787. The van der Waals surface area contributed by atoms with Gasteiger partial charge < -0.3 is 19.8 Å². The first-order valence-electron chi connectivity index (χ1n) is 2.60. The average Bonchev–Trinajstić information content (AvgIpc) is 1.58. The number of carboxylic acid groups (broad SMARTS) is 2. The number of aliphatic carboxylic acids is 2. The summed E-state index contributed by atoms with van der Waals surface area (Å²) < 4.78 is 0. The number of carbonyl (C=O) groups excluding carboxylic acids is 2. The lowest BCUT2D eigenvalue weighted by Gasteiger charge is -2.01. The maximum Gasteiger partial charge on any atom is 0.0642 e. The van der Waals surface area contributed by atoms with E-state index in [2.05, 4.69) is 0 Å². The Balaban J connectivity index is 3.95. The highest BCUT2D eigenvalue weighted by Gasteiger charge is 1.88. The molecule has 0 aliphatic carbocycles. The highest BCUT2D eigenvalue weighted by molar-refractivity contribution is 5.80. The van der Waals surface area contributed by atoms with Crippen molar-refractivity contribution < 1.29 is 19.8 Å². The zero-order valence-electron chi connectivity index (χ0n) is 5.42. The highest BCUT2D eigenvalue weighted by atomic mass is 16.4. The van der Waals surface area contributed by atoms with Gasteiger partial charge in [0.25, 0.3) is 0 Å². The van der Waals surface area contributed by atoms with Gasteiger partial charge in [-0.2, -0.15) is 0 Å². The van der Waals surface area contributed by atoms with Crippen LogP contribution in [-0.4, -0.2) is 11.9 Å². The van der Waals surface area contributed by atoms with E-state index in [1.54, 1.807) is 0 Å². The molecule has 0 aliphatic rings. The molecule has 10 heavy (non-hydrogen) atoms. The summed E-state index contributed by atoms with van der Waals surface area (Å²) in [4.78, 5) is 19.6. The Morgan fingerprint density at radius 1 is 1.40 bits per heavy atom. The van der Waals surface area contributed by atoms with Crippen molar-refractivity contribution in [1.82, 2.24) is 0 Å². The molecule has 4 heteroatoms. The summed E-state index contributed by atoms with van der Waals surface area (Å²) in [6, 6.07) is 0. The molecular weight excluding hydrogens is 136 g/mol. The molecule has 56 valence electrons. The molecule has 0 aromatic carbocycles. The van der Waals surface area contributed by atoms with Crippen molar-refractivity contribution in [3.63, 3.8) is 0 Å². The molecule has 0 bridgehead atoms. The van der Waals surface area contributed by atoms with Crippen LogP contribution in [0.4, 0.5) is 0 Å². The molecule has 0 aromatic rings. The van der Waals surface area contributed by atoms with Crippen LogP contribution < -0.4 is 10.2 Å². The predicted octanol–water partition coefficient (Wildman–Crippen LogP) is -2.18. The van der Waals surface area contributed by atoms with Crippen LogP contribution in [-0.2, 0) is 9.59 Å². The second-order valence-corrected chi connectivity index (χ2v) is 1.86. The first-order chi connectivity index (χ1) is 4.52. The molecule has 0 atom stereocenters. The van der Waals surface area contributed by atoms with Gasteiger partial charge in [0.05, 0.1) is 5.97 Å². The molecule has 0 heterocycles. The van der Waals surface area contributed by atoms with Crippen LogP contribution >= 0.6 is 0 Å². The zero-order valence-corrected chi connectivity index (χ0v) is 5.42. The van der Waals surface area contributed by atoms with Crippen LogP contribution in [0.1, 0.15) is 13.3 Å². The normalized spacial score (nSPS) is 11.1. The van der Waals surface area contributed by atoms with E-state index in [9.17, 15) is 19.8 Å². The van der Waals surface area contributed by atoms with Crippen molar-refractivity contribution in [3.05, 3.63) is 11.6 Å². The van der Waals surface area contributed by atoms with Gasteiger partial charge in [0, 0.05) is 12.4 Å². The Bertz CT molecular complexity index is 180. The summed E-state index contributed by atoms with van der Waals surface area (Å²) in [6.45, 7) is 1.38. The quantitative estimate of drug-likeness (QED) is 0.420. The van der Waals surface area contributed by atoms with Crippen LogP contribution in [0.5, 0.6) is 0 Å². The smallest absolute Gasteiger partial charge is 0.0642 e. The van der Waals surface area contributed by atoms with Gasteiger partial charge in [-0.15, -0.1) is 0 Å². The third-order valence-corrected chi connectivity index (χ3v) is 0.787. The first-order valence-corrected chi connectivity index (χ1v) is 2.60. The molecule has 0 aromatic heterocycles. The number of carbonyl (C=O) groups is 2. The van der Waals surface area contributed by atoms with Crippen molar-refractivity contribution >= 4 is 11.9 Å². The molecule has 0 N–H and O–H groups in total. The second-order valence-electron chi connectivity index (χ2n) is 1.86. The molecule has 0 radical (unpaired) electrons. The fourth-order valence-electron chi connectivity index (χ4n) is 0.480. The van der Waals surface area contributed by atoms with Gasteiger partial charge >= 0.3 is 0 Å². The number of rotatable bonds is 3. The van der Waals surface area contributed by atoms with E-state index in [4.69, 9.17) is 0 Å². The fourth-order valence-corrected chi connectivity index (χ4v) is 0.480. The Morgan fingerprint density at radius 2 is 1.90 bits per heavy atom. The molecule has 0 amide bonds. The maximum absolute atomic E-state index is 9.83. The van der Waals surface area contributed by atoms with E-state index in [1.165, 1.54) is 6.92 Å². The minimum Gasteiger partial charge on any atom is -0.550 e. The Hall–Kier alpha value is -1.32. The summed E-state index contributed by atoms with van der Waals surface area (Å²) in [7, 11) is 0. The topological polar surface area (TPSA) is 80.3 Å². The Kier molecular flexibility index (Phi) is 3.17. The minimum absolute atomic E-state index is 0.208. The van der Waals surface area contributed by atoms with Crippen LogP contribution in [0, 0.1) is 0 Å².